The first kappa shape index (κ1) is 29.7. The van der Waals surface area contributed by atoms with Crippen LogP contribution in [0, 0.1) is 6.92 Å². The number of likely N-dealkylation sites (tertiary alicyclic amines) is 1. The van der Waals surface area contributed by atoms with Crippen LogP contribution in [0.5, 0.6) is 5.75 Å². The SMILES string of the molecule is Cc1cc(Nc2ncnc(Nc3ccccc3S(=O)(=O)C(C)C)n2)c2c(c1C1CCN(C(=O)[C@H](C)N)CC1)C[C@@H](C)O2. The van der Waals surface area contributed by atoms with Crippen molar-refractivity contribution in [3.8, 4) is 5.75 Å². The smallest absolute Gasteiger partial charge is 0.239 e. The number of sulfone groups is 1. The summed E-state index contributed by atoms with van der Waals surface area (Å²) >= 11 is 0. The highest BCUT2D eigenvalue weighted by Gasteiger charge is 2.33. The lowest BCUT2D eigenvalue weighted by molar-refractivity contribution is -0.133. The van der Waals surface area contributed by atoms with Gasteiger partial charge >= 0.3 is 0 Å². The minimum atomic E-state index is -3.52. The van der Waals surface area contributed by atoms with E-state index in [2.05, 4.69) is 45.5 Å². The fourth-order valence-electron chi connectivity index (χ4n) is 5.82. The van der Waals surface area contributed by atoms with Crippen LogP contribution >= 0.6 is 0 Å². The van der Waals surface area contributed by atoms with Gasteiger partial charge in [-0.25, -0.2) is 18.4 Å². The minimum Gasteiger partial charge on any atom is -0.488 e. The second kappa shape index (κ2) is 11.8. The second-order valence-corrected chi connectivity index (χ2v) is 13.9. The maximum atomic E-state index is 12.9. The molecule has 1 saturated heterocycles. The Labute approximate surface area is 247 Å². The summed E-state index contributed by atoms with van der Waals surface area (Å²) in [6.07, 6.45) is 3.95. The number of fused-ring (bicyclic) bond motifs is 1. The van der Waals surface area contributed by atoms with Crippen LogP contribution in [0.15, 0.2) is 41.6 Å². The van der Waals surface area contributed by atoms with Gasteiger partial charge in [-0.15, -0.1) is 0 Å². The van der Waals surface area contributed by atoms with Crippen LogP contribution in [-0.2, 0) is 21.1 Å². The third-order valence-corrected chi connectivity index (χ3v) is 10.1. The number of hydrogen-bond acceptors (Lipinski definition) is 10. The Morgan fingerprint density at radius 2 is 1.71 bits per heavy atom. The molecular weight excluding hydrogens is 554 g/mol. The Bertz CT molecular complexity index is 1580. The summed E-state index contributed by atoms with van der Waals surface area (Å²) in [4.78, 5) is 27.5. The minimum absolute atomic E-state index is 0.00292. The van der Waals surface area contributed by atoms with E-state index >= 15 is 0 Å². The summed E-state index contributed by atoms with van der Waals surface area (Å²) in [6.45, 7) is 10.6. The summed E-state index contributed by atoms with van der Waals surface area (Å²) in [5.74, 6) is 1.64. The van der Waals surface area contributed by atoms with Crippen molar-refractivity contribution in [3.63, 3.8) is 0 Å². The number of nitrogens with one attached hydrogen (secondary N) is 2. The monoisotopic (exact) mass is 593 g/mol. The Hall–Kier alpha value is -3.77. The number of carbonyl (C=O) groups excluding carboxylic acids is 1. The molecule has 0 radical (unpaired) electrons. The van der Waals surface area contributed by atoms with E-state index in [-0.39, 0.29) is 22.9 Å². The fraction of sp³-hybridized carbons (Fsp3) is 0.467. The van der Waals surface area contributed by atoms with Crippen LogP contribution in [0.1, 0.15) is 63.1 Å². The Morgan fingerprint density at radius 1 is 1.07 bits per heavy atom. The van der Waals surface area contributed by atoms with Gasteiger partial charge in [-0.2, -0.15) is 4.98 Å². The molecule has 3 aromatic rings. The average molecular weight is 594 g/mol. The number of hydrogen-bond donors (Lipinski definition) is 3. The zero-order valence-electron chi connectivity index (χ0n) is 24.7. The normalized spacial score (nSPS) is 18.0. The Balaban J connectivity index is 1.39. The molecule has 0 spiro atoms. The van der Waals surface area contributed by atoms with E-state index in [9.17, 15) is 13.2 Å². The van der Waals surface area contributed by atoms with Gasteiger partial charge in [-0.1, -0.05) is 12.1 Å². The van der Waals surface area contributed by atoms with Crippen molar-refractivity contribution in [2.75, 3.05) is 23.7 Å². The van der Waals surface area contributed by atoms with Gasteiger partial charge in [0.25, 0.3) is 0 Å². The molecule has 2 aliphatic heterocycles. The molecule has 1 amide bonds. The lowest BCUT2D eigenvalue weighted by atomic mass is 9.82. The summed E-state index contributed by atoms with van der Waals surface area (Å²) in [5, 5.41) is 5.79. The van der Waals surface area contributed by atoms with Crippen molar-refractivity contribution >= 4 is 39.0 Å². The Kier molecular flexibility index (Phi) is 8.38. The maximum Gasteiger partial charge on any atom is 0.239 e. The highest BCUT2D eigenvalue weighted by Crippen LogP contribution is 2.45. The van der Waals surface area contributed by atoms with Crippen LogP contribution in [-0.4, -0.2) is 64.7 Å². The summed E-state index contributed by atoms with van der Waals surface area (Å²) in [6, 6.07) is 8.29. The summed E-state index contributed by atoms with van der Waals surface area (Å²) in [5.41, 5.74) is 10.6. The molecule has 0 bridgehead atoms. The number of rotatable bonds is 8. The number of para-hydroxylation sites is 1. The van der Waals surface area contributed by atoms with Crippen molar-refractivity contribution in [2.45, 2.75) is 82.1 Å². The molecule has 3 heterocycles. The third-order valence-electron chi connectivity index (χ3n) is 7.92. The number of carbonyl (C=O) groups is 1. The lowest BCUT2D eigenvalue weighted by Gasteiger charge is -2.34. The van der Waals surface area contributed by atoms with E-state index in [1.165, 1.54) is 17.5 Å². The van der Waals surface area contributed by atoms with Crippen LogP contribution in [0.2, 0.25) is 0 Å². The van der Waals surface area contributed by atoms with Crippen LogP contribution < -0.4 is 21.1 Å². The maximum absolute atomic E-state index is 12.9. The number of nitrogens with zero attached hydrogens (tertiary/aromatic N) is 4. The predicted octanol–water partition coefficient (Wildman–Crippen LogP) is 4.23. The van der Waals surface area contributed by atoms with Crippen LogP contribution in [0.25, 0.3) is 0 Å². The summed E-state index contributed by atoms with van der Waals surface area (Å²) in [7, 11) is -3.52. The fourth-order valence-corrected chi connectivity index (χ4v) is 7.02. The standard InChI is InChI=1S/C30H39N7O4S/c1-17(2)42(39,40)25-9-7-6-8-23(25)34-29-32-16-33-30(36-29)35-24-14-18(3)26(22-15-19(4)41-27(22)24)21-10-12-37(13-11-21)28(38)20(5)31/h6-9,14,16-17,19-21H,10-13,15,31H2,1-5H3,(H2,32,33,34,35,36)/t19-,20+/m1/s1. The molecule has 2 aliphatic rings. The van der Waals surface area contributed by atoms with E-state index in [0.717, 1.165) is 36.3 Å². The van der Waals surface area contributed by atoms with Crippen molar-refractivity contribution < 1.29 is 17.9 Å². The van der Waals surface area contributed by atoms with E-state index in [4.69, 9.17) is 10.5 Å². The van der Waals surface area contributed by atoms with Crippen LogP contribution in [0.4, 0.5) is 23.3 Å². The molecule has 1 aromatic heterocycles. The molecule has 42 heavy (non-hydrogen) atoms. The van der Waals surface area contributed by atoms with E-state index < -0.39 is 21.1 Å². The lowest BCUT2D eigenvalue weighted by Crippen LogP contribution is -2.45. The first-order valence-electron chi connectivity index (χ1n) is 14.4. The first-order chi connectivity index (χ1) is 20.0. The zero-order valence-corrected chi connectivity index (χ0v) is 25.5. The molecule has 0 unspecified atom stereocenters. The van der Waals surface area contributed by atoms with Gasteiger partial charge in [0.2, 0.25) is 17.8 Å². The number of aromatic nitrogens is 3. The summed E-state index contributed by atoms with van der Waals surface area (Å²) < 4.78 is 32.1. The molecule has 224 valence electrons. The average Bonchev–Trinajstić information content (AvgIpc) is 3.34. The van der Waals surface area contributed by atoms with Gasteiger partial charge in [-0.05, 0) is 82.7 Å². The van der Waals surface area contributed by atoms with Crippen molar-refractivity contribution in [2.24, 2.45) is 5.73 Å². The molecular formula is C30H39N7O4S. The van der Waals surface area contributed by atoms with E-state index in [0.29, 0.717) is 30.6 Å². The Morgan fingerprint density at radius 3 is 2.36 bits per heavy atom. The largest absolute Gasteiger partial charge is 0.488 e. The third kappa shape index (κ3) is 5.91. The first-order valence-corrected chi connectivity index (χ1v) is 15.9. The zero-order chi connectivity index (χ0) is 30.2. The second-order valence-electron chi connectivity index (χ2n) is 11.5. The highest BCUT2D eigenvalue weighted by atomic mass is 32.2. The molecule has 11 nitrogen and oxygen atoms in total. The van der Waals surface area contributed by atoms with Crippen LogP contribution in [0.3, 0.4) is 0 Å². The van der Waals surface area contributed by atoms with E-state index in [1.54, 1.807) is 45.0 Å². The van der Waals surface area contributed by atoms with Crippen molar-refractivity contribution in [1.29, 1.82) is 0 Å². The topological polar surface area (TPSA) is 152 Å². The highest BCUT2D eigenvalue weighted by molar-refractivity contribution is 7.92. The van der Waals surface area contributed by atoms with Gasteiger partial charge in [0.05, 0.1) is 27.6 Å². The van der Waals surface area contributed by atoms with Gasteiger partial charge in [-0.3, -0.25) is 4.79 Å². The number of ether oxygens (including phenoxy) is 1. The van der Waals surface area contributed by atoms with Gasteiger partial charge < -0.3 is 26.0 Å². The number of amides is 1. The molecule has 5 rings (SSSR count). The predicted molar refractivity (Wildman–Crippen MR) is 162 cm³/mol. The number of nitrogens with two attached hydrogens (primary N) is 1. The molecule has 2 aromatic carbocycles. The molecule has 4 N–H and O–H groups in total. The van der Waals surface area contributed by atoms with E-state index in [1.807, 2.05) is 4.90 Å². The van der Waals surface area contributed by atoms with Gasteiger partial charge in [0.15, 0.2) is 9.84 Å². The molecule has 1 fully saturated rings. The molecule has 0 saturated carbocycles. The van der Waals surface area contributed by atoms with Crippen molar-refractivity contribution in [1.82, 2.24) is 19.9 Å². The molecule has 2 atom stereocenters. The number of benzene rings is 2. The number of aryl methyl sites for hydroxylation is 1. The number of anilines is 4. The van der Waals surface area contributed by atoms with Gasteiger partial charge in [0, 0.05) is 25.1 Å². The number of piperidine rings is 1. The quantitative estimate of drug-likeness (QED) is 0.346. The molecule has 12 heteroatoms. The van der Waals surface area contributed by atoms with Gasteiger partial charge in [0.1, 0.15) is 18.2 Å². The van der Waals surface area contributed by atoms with Crippen molar-refractivity contribution in [3.05, 3.63) is 53.3 Å². The molecule has 0 aliphatic carbocycles.